The molecule has 0 aliphatic carbocycles. The van der Waals surface area contributed by atoms with Crippen LogP contribution in [0.1, 0.15) is 56.8 Å². The quantitative estimate of drug-likeness (QED) is 0.653. The molecular formula is C26H24N2O4. The number of amides is 2. The normalized spacial score (nSPS) is 18.9. The van der Waals surface area contributed by atoms with Gasteiger partial charge in [-0.2, -0.15) is 0 Å². The monoisotopic (exact) mass is 428 g/mol. The van der Waals surface area contributed by atoms with Gasteiger partial charge in [0.2, 0.25) is 0 Å². The SMILES string of the molecule is O=C(NC1CCOc2ccccc21)c1ccc(C(=O)NC2CCOc3ccccc32)cc1. The summed E-state index contributed by atoms with van der Waals surface area (Å²) in [5.41, 5.74) is 3.00. The molecule has 5 rings (SSSR count). The van der Waals surface area contributed by atoms with Crippen molar-refractivity contribution in [2.75, 3.05) is 13.2 Å². The first-order valence-electron chi connectivity index (χ1n) is 10.8. The van der Waals surface area contributed by atoms with Crippen LogP contribution in [0.2, 0.25) is 0 Å². The van der Waals surface area contributed by atoms with E-state index in [1.165, 1.54) is 0 Å². The van der Waals surface area contributed by atoms with E-state index in [2.05, 4.69) is 10.6 Å². The number of carbonyl (C=O) groups is 2. The minimum absolute atomic E-state index is 0.0935. The van der Waals surface area contributed by atoms with Gasteiger partial charge in [-0.25, -0.2) is 0 Å². The molecule has 0 spiro atoms. The van der Waals surface area contributed by atoms with Gasteiger partial charge in [-0.05, 0) is 36.4 Å². The Balaban J connectivity index is 1.25. The third-order valence-corrected chi connectivity index (χ3v) is 5.94. The molecule has 32 heavy (non-hydrogen) atoms. The van der Waals surface area contributed by atoms with E-state index >= 15 is 0 Å². The Morgan fingerprint density at radius 2 is 1.03 bits per heavy atom. The van der Waals surface area contributed by atoms with Crippen molar-refractivity contribution in [3.05, 3.63) is 95.1 Å². The first-order valence-corrected chi connectivity index (χ1v) is 10.8. The Kier molecular flexibility index (Phi) is 5.50. The van der Waals surface area contributed by atoms with Crippen LogP contribution >= 0.6 is 0 Å². The molecule has 6 nitrogen and oxygen atoms in total. The summed E-state index contributed by atoms with van der Waals surface area (Å²) in [4.78, 5) is 25.6. The Morgan fingerprint density at radius 3 is 1.47 bits per heavy atom. The van der Waals surface area contributed by atoms with Crippen molar-refractivity contribution in [1.82, 2.24) is 10.6 Å². The molecule has 2 atom stereocenters. The van der Waals surface area contributed by atoms with Gasteiger partial charge < -0.3 is 20.1 Å². The molecule has 2 amide bonds. The summed E-state index contributed by atoms with van der Waals surface area (Å²) in [6, 6.07) is 22.1. The number of benzene rings is 3. The molecule has 2 N–H and O–H groups in total. The van der Waals surface area contributed by atoms with E-state index in [4.69, 9.17) is 9.47 Å². The van der Waals surface area contributed by atoms with Crippen LogP contribution in [0.25, 0.3) is 0 Å². The van der Waals surface area contributed by atoms with Crippen LogP contribution in [0.3, 0.4) is 0 Å². The molecule has 162 valence electrons. The van der Waals surface area contributed by atoms with Crippen LogP contribution in [0.5, 0.6) is 11.5 Å². The number of para-hydroxylation sites is 2. The number of ether oxygens (including phenoxy) is 2. The zero-order chi connectivity index (χ0) is 21.9. The predicted octanol–water partition coefficient (Wildman–Crippen LogP) is 4.19. The lowest BCUT2D eigenvalue weighted by molar-refractivity contribution is 0.0912. The van der Waals surface area contributed by atoms with Crippen LogP contribution in [-0.2, 0) is 0 Å². The fraction of sp³-hybridized carbons (Fsp3) is 0.231. The van der Waals surface area contributed by atoms with Gasteiger partial charge in [-0.1, -0.05) is 36.4 Å². The summed E-state index contributed by atoms with van der Waals surface area (Å²) in [5, 5.41) is 6.17. The topological polar surface area (TPSA) is 76.7 Å². The summed E-state index contributed by atoms with van der Waals surface area (Å²) in [5.74, 6) is 1.28. The summed E-state index contributed by atoms with van der Waals surface area (Å²) < 4.78 is 11.3. The van der Waals surface area contributed by atoms with E-state index < -0.39 is 0 Å². The van der Waals surface area contributed by atoms with Crippen molar-refractivity contribution in [2.45, 2.75) is 24.9 Å². The Labute approximate surface area is 186 Å². The molecule has 0 radical (unpaired) electrons. The van der Waals surface area contributed by atoms with Gasteiger partial charge in [-0.3, -0.25) is 9.59 Å². The molecule has 0 fully saturated rings. The van der Waals surface area contributed by atoms with Crippen molar-refractivity contribution in [3.63, 3.8) is 0 Å². The summed E-state index contributed by atoms with van der Waals surface area (Å²) in [7, 11) is 0. The largest absolute Gasteiger partial charge is 0.493 e. The van der Waals surface area contributed by atoms with Gasteiger partial charge in [-0.15, -0.1) is 0 Å². The van der Waals surface area contributed by atoms with E-state index in [0.717, 1.165) is 35.5 Å². The Hall–Kier alpha value is -3.80. The van der Waals surface area contributed by atoms with Crippen LogP contribution in [0, 0.1) is 0 Å². The van der Waals surface area contributed by atoms with Gasteiger partial charge in [0, 0.05) is 35.1 Å². The van der Waals surface area contributed by atoms with Crippen molar-refractivity contribution in [1.29, 1.82) is 0 Å². The molecule has 3 aromatic rings. The third-order valence-electron chi connectivity index (χ3n) is 5.94. The molecule has 0 aromatic heterocycles. The van der Waals surface area contributed by atoms with E-state index in [0.29, 0.717) is 24.3 Å². The zero-order valence-electron chi connectivity index (χ0n) is 17.5. The Morgan fingerprint density at radius 1 is 0.625 bits per heavy atom. The molecule has 0 saturated heterocycles. The number of hydrogen-bond donors (Lipinski definition) is 2. The van der Waals surface area contributed by atoms with E-state index in [1.807, 2.05) is 48.5 Å². The molecule has 2 aliphatic rings. The maximum atomic E-state index is 12.8. The first-order chi connectivity index (χ1) is 15.7. The second-order valence-corrected chi connectivity index (χ2v) is 7.98. The highest BCUT2D eigenvalue weighted by atomic mass is 16.5. The summed E-state index contributed by atoms with van der Waals surface area (Å²) >= 11 is 0. The number of fused-ring (bicyclic) bond motifs is 2. The fourth-order valence-corrected chi connectivity index (χ4v) is 4.24. The highest BCUT2D eigenvalue weighted by Gasteiger charge is 2.24. The molecule has 0 saturated carbocycles. The maximum absolute atomic E-state index is 12.8. The highest BCUT2D eigenvalue weighted by Crippen LogP contribution is 2.32. The van der Waals surface area contributed by atoms with Gasteiger partial charge in [0.15, 0.2) is 0 Å². The molecular weight excluding hydrogens is 404 g/mol. The maximum Gasteiger partial charge on any atom is 0.251 e. The summed E-state index contributed by atoms with van der Waals surface area (Å²) in [6.07, 6.45) is 1.44. The van der Waals surface area contributed by atoms with Gasteiger partial charge in [0.1, 0.15) is 11.5 Å². The van der Waals surface area contributed by atoms with Crippen LogP contribution in [-0.4, -0.2) is 25.0 Å². The van der Waals surface area contributed by atoms with Crippen LogP contribution in [0.15, 0.2) is 72.8 Å². The molecule has 2 heterocycles. The van der Waals surface area contributed by atoms with E-state index in [1.54, 1.807) is 24.3 Å². The lowest BCUT2D eigenvalue weighted by atomic mass is 9.99. The number of hydrogen-bond acceptors (Lipinski definition) is 4. The molecule has 3 aromatic carbocycles. The predicted molar refractivity (Wildman–Crippen MR) is 120 cm³/mol. The lowest BCUT2D eigenvalue weighted by Crippen LogP contribution is -2.33. The minimum Gasteiger partial charge on any atom is -0.493 e. The lowest BCUT2D eigenvalue weighted by Gasteiger charge is -2.27. The van der Waals surface area contributed by atoms with Crippen LogP contribution in [0.4, 0.5) is 0 Å². The average Bonchev–Trinajstić information content (AvgIpc) is 2.84. The average molecular weight is 428 g/mol. The highest BCUT2D eigenvalue weighted by molar-refractivity contribution is 5.98. The first kappa shape index (κ1) is 20.1. The number of carbonyl (C=O) groups excluding carboxylic acids is 2. The molecule has 2 unspecified atom stereocenters. The van der Waals surface area contributed by atoms with E-state index in [9.17, 15) is 9.59 Å². The van der Waals surface area contributed by atoms with Crippen molar-refractivity contribution in [3.8, 4) is 11.5 Å². The van der Waals surface area contributed by atoms with Crippen molar-refractivity contribution < 1.29 is 19.1 Å². The van der Waals surface area contributed by atoms with Crippen molar-refractivity contribution in [2.24, 2.45) is 0 Å². The molecule has 0 bridgehead atoms. The van der Waals surface area contributed by atoms with Gasteiger partial charge >= 0.3 is 0 Å². The smallest absolute Gasteiger partial charge is 0.251 e. The fourth-order valence-electron chi connectivity index (χ4n) is 4.24. The Bertz CT molecular complexity index is 1050. The second kappa shape index (κ2) is 8.75. The number of nitrogens with one attached hydrogen (secondary N) is 2. The van der Waals surface area contributed by atoms with E-state index in [-0.39, 0.29) is 23.9 Å². The number of rotatable bonds is 4. The standard InChI is InChI=1S/C26H24N2O4/c29-25(27-21-13-15-31-23-7-3-1-5-19(21)23)17-9-11-18(12-10-17)26(30)28-22-14-16-32-24-8-4-2-6-20(22)24/h1-12,21-22H,13-16H2,(H,27,29)(H,28,30). The molecule has 2 aliphatic heterocycles. The molecule has 6 heteroatoms. The third kappa shape index (κ3) is 4.04. The minimum atomic E-state index is -0.169. The van der Waals surface area contributed by atoms with Crippen LogP contribution < -0.4 is 20.1 Å². The second-order valence-electron chi connectivity index (χ2n) is 7.98. The van der Waals surface area contributed by atoms with Gasteiger partial charge in [0.05, 0.1) is 25.3 Å². The van der Waals surface area contributed by atoms with Crippen molar-refractivity contribution >= 4 is 11.8 Å². The van der Waals surface area contributed by atoms with Gasteiger partial charge in [0.25, 0.3) is 11.8 Å². The summed E-state index contributed by atoms with van der Waals surface area (Å²) in [6.45, 7) is 1.13. The zero-order valence-corrected chi connectivity index (χ0v) is 17.5.